The third kappa shape index (κ3) is 2.88. The van der Waals surface area contributed by atoms with Crippen molar-refractivity contribution < 1.29 is 17.6 Å². The summed E-state index contributed by atoms with van der Waals surface area (Å²) in [6.45, 7) is 0.669. The van der Waals surface area contributed by atoms with E-state index < -0.39 is 17.5 Å². The van der Waals surface area contributed by atoms with Crippen LogP contribution in [0.1, 0.15) is 11.3 Å². The maximum atomic E-state index is 12.9. The van der Waals surface area contributed by atoms with Crippen LogP contribution in [0.15, 0.2) is 34.9 Å². The quantitative estimate of drug-likeness (QED) is 0.832. The van der Waals surface area contributed by atoms with E-state index in [1.165, 1.54) is 6.26 Å². The van der Waals surface area contributed by atoms with Crippen molar-refractivity contribution >= 4 is 0 Å². The molecule has 1 N–H and O–H groups in total. The second-order valence-electron chi connectivity index (χ2n) is 3.56. The molecule has 0 radical (unpaired) electrons. The van der Waals surface area contributed by atoms with Gasteiger partial charge in [0.15, 0.2) is 17.5 Å². The molecule has 0 amide bonds. The second-order valence-corrected chi connectivity index (χ2v) is 3.56. The lowest BCUT2D eigenvalue weighted by atomic mass is 10.2. The van der Waals surface area contributed by atoms with E-state index in [1.54, 1.807) is 12.1 Å². The highest BCUT2D eigenvalue weighted by Crippen LogP contribution is 2.13. The first-order valence-corrected chi connectivity index (χ1v) is 5.03. The summed E-state index contributed by atoms with van der Waals surface area (Å²) in [4.78, 5) is 0. The molecule has 90 valence electrons. The molecule has 0 saturated carbocycles. The maximum Gasteiger partial charge on any atom is 0.194 e. The summed E-state index contributed by atoms with van der Waals surface area (Å²) in [5.74, 6) is -3.09. The minimum absolute atomic E-state index is 0.231. The number of nitrogens with one attached hydrogen (secondary N) is 1. The zero-order chi connectivity index (χ0) is 12.3. The summed E-state index contributed by atoms with van der Waals surface area (Å²) < 4.78 is 43.5. The Labute approximate surface area is 96.1 Å². The molecule has 1 heterocycles. The van der Waals surface area contributed by atoms with E-state index in [1.807, 2.05) is 0 Å². The monoisotopic (exact) mass is 241 g/mol. The number of hydrogen-bond acceptors (Lipinski definition) is 2. The van der Waals surface area contributed by atoms with Gasteiger partial charge in [0, 0.05) is 6.54 Å². The Morgan fingerprint density at radius 3 is 2.35 bits per heavy atom. The summed E-state index contributed by atoms with van der Waals surface area (Å²) in [6, 6.07) is 5.45. The van der Waals surface area contributed by atoms with Crippen molar-refractivity contribution in [2.75, 3.05) is 0 Å². The summed E-state index contributed by atoms with van der Waals surface area (Å²) >= 11 is 0. The molecule has 17 heavy (non-hydrogen) atoms. The molecule has 0 aliphatic carbocycles. The van der Waals surface area contributed by atoms with Crippen molar-refractivity contribution in [3.05, 3.63) is 59.3 Å². The third-order valence-corrected chi connectivity index (χ3v) is 2.25. The molecular weight excluding hydrogens is 231 g/mol. The highest BCUT2D eigenvalue weighted by molar-refractivity contribution is 5.19. The SMILES string of the molecule is Fc1cc(CNCc2ccco2)cc(F)c1F. The molecular formula is C12H10F3NO. The third-order valence-electron chi connectivity index (χ3n) is 2.25. The van der Waals surface area contributed by atoms with E-state index in [4.69, 9.17) is 4.42 Å². The van der Waals surface area contributed by atoms with Crippen LogP contribution in [0.4, 0.5) is 13.2 Å². The number of rotatable bonds is 4. The summed E-state index contributed by atoms with van der Waals surface area (Å²) in [5, 5.41) is 2.93. The van der Waals surface area contributed by atoms with Gasteiger partial charge in [0.25, 0.3) is 0 Å². The zero-order valence-electron chi connectivity index (χ0n) is 8.84. The first kappa shape index (κ1) is 11.7. The van der Waals surface area contributed by atoms with Gasteiger partial charge in [0.2, 0.25) is 0 Å². The van der Waals surface area contributed by atoms with Gasteiger partial charge < -0.3 is 9.73 Å². The Bertz CT molecular complexity index is 473. The predicted molar refractivity (Wildman–Crippen MR) is 55.6 cm³/mol. The average molecular weight is 241 g/mol. The summed E-state index contributed by atoms with van der Waals surface area (Å²) in [7, 11) is 0. The number of benzene rings is 1. The summed E-state index contributed by atoms with van der Waals surface area (Å²) in [5.41, 5.74) is 0.341. The molecule has 0 atom stereocenters. The van der Waals surface area contributed by atoms with E-state index in [2.05, 4.69) is 5.32 Å². The van der Waals surface area contributed by atoms with Gasteiger partial charge in [-0.05, 0) is 29.8 Å². The molecule has 0 saturated heterocycles. The average Bonchev–Trinajstić information content (AvgIpc) is 2.79. The van der Waals surface area contributed by atoms with Crippen molar-refractivity contribution in [2.24, 2.45) is 0 Å². The molecule has 1 aromatic heterocycles. The van der Waals surface area contributed by atoms with Crippen molar-refractivity contribution in [3.63, 3.8) is 0 Å². The highest BCUT2D eigenvalue weighted by Gasteiger charge is 2.10. The van der Waals surface area contributed by atoms with Crippen LogP contribution in [0.25, 0.3) is 0 Å². The van der Waals surface area contributed by atoms with Crippen LogP contribution >= 0.6 is 0 Å². The van der Waals surface area contributed by atoms with Crippen LogP contribution in [0.2, 0.25) is 0 Å². The Kier molecular flexibility index (Phi) is 3.49. The minimum atomic E-state index is -1.44. The van der Waals surface area contributed by atoms with E-state index in [0.717, 1.165) is 12.1 Å². The van der Waals surface area contributed by atoms with Gasteiger partial charge in [-0.2, -0.15) is 0 Å². The smallest absolute Gasteiger partial charge is 0.194 e. The van der Waals surface area contributed by atoms with Crippen LogP contribution in [0, 0.1) is 17.5 Å². The van der Waals surface area contributed by atoms with Crippen LogP contribution in [-0.4, -0.2) is 0 Å². The Hall–Kier alpha value is -1.75. The van der Waals surface area contributed by atoms with Gasteiger partial charge in [0.1, 0.15) is 5.76 Å². The molecule has 1 aromatic carbocycles. The Balaban J connectivity index is 1.95. The molecule has 2 aromatic rings. The predicted octanol–water partition coefficient (Wildman–Crippen LogP) is 2.99. The van der Waals surface area contributed by atoms with Crippen LogP contribution in [0.5, 0.6) is 0 Å². The van der Waals surface area contributed by atoms with Crippen LogP contribution in [-0.2, 0) is 13.1 Å². The van der Waals surface area contributed by atoms with Crippen molar-refractivity contribution in [1.29, 1.82) is 0 Å². The van der Waals surface area contributed by atoms with Gasteiger partial charge in [-0.3, -0.25) is 0 Å². The zero-order valence-corrected chi connectivity index (χ0v) is 8.84. The normalized spacial score (nSPS) is 10.8. The van der Waals surface area contributed by atoms with E-state index in [-0.39, 0.29) is 6.54 Å². The summed E-state index contributed by atoms with van der Waals surface area (Å²) in [6.07, 6.45) is 1.54. The van der Waals surface area contributed by atoms with Gasteiger partial charge in [0.05, 0.1) is 12.8 Å². The fourth-order valence-electron chi connectivity index (χ4n) is 1.45. The Morgan fingerprint density at radius 2 is 1.76 bits per heavy atom. The molecule has 0 bridgehead atoms. The topological polar surface area (TPSA) is 25.2 Å². The number of hydrogen-bond donors (Lipinski definition) is 1. The molecule has 5 heteroatoms. The van der Waals surface area contributed by atoms with E-state index >= 15 is 0 Å². The molecule has 0 aliphatic rings. The van der Waals surface area contributed by atoms with Crippen LogP contribution < -0.4 is 5.32 Å². The molecule has 0 spiro atoms. The molecule has 0 fully saturated rings. The molecule has 0 unspecified atom stereocenters. The van der Waals surface area contributed by atoms with Crippen molar-refractivity contribution in [1.82, 2.24) is 5.32 Å². The van der Waals surface area contributed by atoms with Gasteiger partial charge in [-0.1, -0.05) is 0 Å². The number of furan rings is 1. The first-order chi connectivity index (χ1) is 8.16. The van der Waals surface area contributed by atoms with E-state index in [9.17, 15) is 13.2 Å². The second kappa shape index (κ2) is 5.05. The molecule has 0 aliphatic heterocycles. The standard InChI is InChI=1S/C12H10F3NO/c13-10-4-8(5-11(14)12(10)15)6-16-7-9-2-1-3-17-9/h1-5,16H,6-7H2. The van der Waals surface area contributed by atoms with Crippen molar-refractivity contribution in [2.45, 2.75) is 13.1 Å². The van der Waals surface area contributed by atoms with Gasteiger partial charge >= 0.3 is 0 Å². The lowest BCUT2D eigenvalue weighted by Crippen LogP contribution is -2.12. The first-order valence-electron chi connectivity index (χ1n) is 5.03. The lowest BCUT2D eigenvalue weighted by Gasteiger charge is -2.04. The van der Waals surface area contributed by atoms with Gasteiger partial charge in [-0.15, -0.1) is 0 Å². The maximum absolute atomic E-state index is 12.9. The molecule has 2 nitrogen and oxygen atoms in total. The Morgan fingerprint density at radius 1 is 1.06 bits per heavy atom. The lowest BCUT2D eigenvalue weighted by molar-refractivity contribution is 0.443. The van der Waals surface area contributed by atoms with Crippen LogP contribution in [0.3, 0.4) is 0 Å². The fourth-order valence-corrected chi connectivity index (χ4v) is 1.45. The number of halogens is 3. The highest BCUT2D eigenvalue weighted by atomic mass is 19.2. The van der Waals surface area contributed by atoms with Crippen molar-refractivity contribution in [3.8, 4) is 0 Å². The van der Waals surface area contributed by atoms with Gasteiger partial charge in [-0.25, -0.2) is 13.2 Å². The fraction of sp³-hybridized carbons (Fsp3) is 0.167. The molecule has 2 rings (SSSR count). The van der Waals surface area contributed by atoms with E-state index in [0.29, 0.717) is 17.9 Å². The minimum Gasteiger partial charge on any atom is -0.468 e. The largest absolute Gasteiger partial charge is 0.468 e.